The van der Waals surface area contributed by atoms with Gasteiger partial charge in [-0.3, -0.25) is 5.31 Å². The van der Waals surface area contributed by atoms with Crippen molar-refractivity contribution in [3.8, 4) is 0 Å². The summed E-state index contributed by atoms with van der Waals surface area (Å²) in [7, 11) is 0. The van der Waals surface area contributed by atoms with Crippen molar-refractivity contribution in [1.29, 1.82) is 0 Å². The minimum absolute atomic E-state index is 0.186. The van der Waals surface area contributed by atoms with Gasteiger partial charge in [0.2, 0.25) is 0 Å². The van der Waals surface area contributed by atoms with Gasteiger partial charge in [-0.2, -0.15) is 0 Å². The van der Waals surface area contributed by atoms with Crippen LogP contribution in [0.15, 0.2) is 28.7 Å². The van der Waals surface area contributed by atoms with Gasteiger partial charge in [0.15, 0.2) is 2.82 Å². The Morgan fingerprint density at radius 2 is 2.73 bits per heavy atom. The van der Waals surface area contributed by atoms with Crippen molar-refractivity contribution in [2.75, 3.05) is 6.62 Å². The van der Waals surface area contributed by atoms with Crippen LogP contribution in [0.2, 0.25) is 4.24 Å². The van der Waals surface area contributed by atoms with E-state index in [4.69, 9.17) is 14.1 Å². The summed E-state index contributed by atoms with van der Waals surface area (Å²) < 4.78 is 47.2. The summed E-state index contributed by atoms with van der Waals surface area (Å²) in [5.41, 5.74) is 6.37. The first kappa shape index (κ1) is 5.03. The summed E-state index contributed by atoms with van der Waals surface area (Å²) in [6, 6.07) is 0. The quantitative estimate of drug-likeness (QED) is 0.496. The predicted octanol–water partition coefficient (Wildman–Crippen LogP) is -0.0514. The van der Waals surface area contributed by atoms with Gasteiger partial charge in [-0.1, -0.05) is 5.57 Å². The van der Waals surface area contributed by atoms with E-state index in [0.717, 1.165) is 5.57 Å². The summed E-state index contributed by atoms with van der Waals surface area (Å²) in [5, 5.41) is 1.17. The number of allylic oxidation sites excluding steroid dienone is 1. The van der Waals surface area contributed by atoms with Crippen molar-refractivity contribution in [2.45, 2.75) is 25.9 Å². The highest BCUT2D eigenvalue weighted by Gasteiger charge is 2.27. The summed E-state index contributed by atoms with van der Waals surface area (Å²) in [5.74, 6) is -0.185. The van der Waals surface area contributed by atoms with Crippen LogP contribution in [0, 0.1) is 0 Å². The van der Waals surface area contributed by atoms with E-state index < -0.39 is 12.8 Å². The normalized spacial score (nSPS) is 40.7. The zero-order valence-electron chi connectivity index (χ0n) is 14.5. The van der Waals surface area contributed by atoms with Crippen LogP contribution in [0.5, 0.6) is 0 Å². The number of nitrogens with one attached hydrogen (secondary N) is 3. The molecule has 0 spiro atoms. The van der Waals surface area contributed by atoms with E-state index in [-0.39, 0.29) is 22.7 Å². The zero-order chi connectivity index (χ0) is 16.2. The number of nitrogens with zero attached hydrogens (tertiary/aromatic N) is 1. The summed E-state index contributed by atoms with van der Waals surface area (Å²) in [6.45, 7) is 2.93. The van der Waals surface area contributed by atoms with Crippen LogP contribution >= 0.6 is 0 Å². The van der Waals surface area contributed by atoms with Crippen molar-refractivity contribution in [2.24, 2.45) is 10.7 Å². The summed E-state index contributed by atoms with van der Waals surface area (Å²) in [4.78, 5) is 4.07. The van der Waals surface area contributed by atoms with Gasteiger partial charge in [-0.25, -0.2) is 4.99 Å². The third kappa shape index (κ3) is 2.12. The summed E-state index contributed by atoms with van der Waals surface area (Å²) >= 11 is 0. The van der Waals surface area contributed by atoms with Crippen LogP contribution in [0.1, 0.15) is 23.9 Å². The van der Waals surface area contributed by atoms with Crippen LogP contribution in [0.3, 0.4) is 0 Å². The number of amidine groups is 1. The van der Waals surface area contributed by atoms with E-state index in [2.05, 4.69) is 11.6 Å². The van der Waals surface area contributed by atoms with E-state index >= 15 is 0 Å². The highest BCUT2D eigenvalue weighted by molar-refractivity contribution is 5.86. The van der Waals surface area contributed by atoms with Crippen LogP contribution in [-0.2, 0) is 0 Å². The lowest BCUT2D eigenvalue weighted by Crippen LogP contribution is -2.51. The highest BCUT2D eigenvalue weighted by atomic mass is 15.3. The Morgan fingerprint density at radius 3 is 3.47 bits per heavy atom. The molecule has 0 amide bonds. The Balaban J connectivity index is 2.46. The first-order valence-corrected chi connectivity index (χ1v) is 4.64. The minimum Gasteiger partial charge on any atom is -0.384 e. The molecule has 1 unspecified atom stereocenters. The fourth-order valence-electron chi connectivity index (χ4n) is 1.25. The third-order valence-electron chi connectivity index (χ3n) is 2.03. The van der Waals surface area contributed by atoms with Gasteiger partial charge >= 0.3 is 0 Å². The number of rotatable bonds is 3. The van der Waals surface area contributed by atoms with Gasteiger partial charge in [0.05, 0.1) is 10.7 Å². The molecule has 2 aliphatic heterocycles. The molecule has 0 aromatic heterocycles. The average Bonchev–Trinajstić information content (AvgIpc) is 2.67. The van der Waals surface area contributed by atoms with Crippen LogP contribution in [0.4, 0.5) is 0 Å². The van der Waals surface area contributed by atoms with Crippen molar-refractivity contribution in [1.82, 2.24) is 15.9 Å². The van der Waals surface area contributed by atoms with Gasteiger partial charge < -0.3 is 16.4 Å². The maximum Gasteiger partial charge on any atom is 0.163 e. The molecule has 2 heterocycles. The Bertz CT molecular complexity index is 546. The van der Waals surface area contributed by atoms with Crippen LogP contribution < -0.4 is 21.7 Å². The molecular formula is C10H17N5. The Hall–Kier alpha value is -1.49. The molecule has 5 nitrogen and oxygen atoms in total. The molecule has 0 fully saturated rings. The molecule has 0 bridgehead atoms. The van der Waals surface area contributed by atoms with Crippen molar-refractivity contribution < 1.29 is 8.35 Å². The van der Waals surface area contributed by atoms with Crippen LogP contribution in [0.25, 0.3) is 0 Å². The maximum absolute atomic E-state index is 8.29. The second-order valence-electron chi connectivity index (χ2n) is 3.48. The van der Waals surface area contributed by atoms with E-state index in [9.17, 15) is 0 Å². The minimum atomic E-state index is -2.64. The monoisotopic (exact) mass is 213 g/mol. The number of aliphatic imine (C=N–C) groups is 1. The smallest absolute Gasteiger partial charge is 0.163 e. The van der Waals surface area contributed by atoms with Gasteiger partial charge in [-0.15, -0.1) is 6.58 Å². The van der Waals surface area contributed by atoms with Crippen LogP contribution in [-0.4, -0.2) is 18.6 Å². The van der Waals surface area contributed by atoms with Crippen molar-refractivity contribution in [3.63, 3.8) is 0 Å². The van der Waals surface area contributed by atoms with Gasteiger partial charge in [0.25, 0.3) is 0 Å². The highest BCUT2D eigenvalue weighted by Crippen LogP contribution is 2.16. The molecular weight excluding hydrogens is 190 g/mol. The fraction of sp³-hybridized carbons (Fsp3) is 0.500. The fourth-order valence-corrected chi connectivity index (χ4v) is 1.25. The summed E-state index contributed by atoms with van der Waals surface area (Å²) in [6.07, 6.45) is -1.34. The first-order chi connectivity index (χ1) is 9.54. The first-order valence-electron chi connectivity index (χ1n) is 7.48. The molecule has 5 heteroatoms. The third-order valence-corrected chi connectivity index (χ3v) is 2.03. The molecule has 0 saturated heterocycles. The van der Waals surface area contributed by atoms with E-state index in [0.29, 0.717) is 23.5 Å². The molecule has 0 aliphatic carbocycles. The molecule has 0 aromatic carbocycles. The molecule has 0 saturated carbocycles. The lowest BCUT2D eigenvalue weighted by atomic mass is 10.2. The van der Waals surface area contributed by atoms with Crippen molar-refractivity contribution in [3.05, 3.63) is 23.7 Å². The molecule has 2 rings (SSSR count). The molecule has 2 aliphatic rings. The maximum atomic E-state index is 8.29. The number of hydrogen-bond donors (Lipinski definition) is 4. The topological polar surface area (TPSA) is 74.5 Å². The largest absolute Gasteiger partial charge is 0.384 e. The number of hydrogen-bond acceptors (Lipinski definition) is 5. The number of fused-ring (bicyclic) bond motifs is 1. The molecule has 5 N–H and O–H groups in total. The van der Waals surface area contributed by atoms with Gasteiger partial charge in [-0.05, 0) is 13.3 Å². The number of nitrogens with two attached hydrogens (primary N) is 1. The van der Waals surface area contributed by atoms with Crippen molar-refractivity contribution >= 4 is 5.84 Å². The SMILES string of the molecule is [2H]N1C(N)=C2N=C(CCC(=C)C)N([2H])C2([2H])N([2H])C1([2H])[2H]. The van der Waals surface area contributed by atoms with Gasteiger partial charge in [0.1, 0.15) is 24.9 Å². The standard InChI is InChI=1S/C10H17N5/c1-6(2)3-4-7-14-8-9(11)12-5-13-10(8)15-7/h10,12-13H,1,3-5,11H2,2H3,(H,14,15)/i5D2,10D/hD3. The molecule has 82 valence electrons. The lowest BCUT2D eigenvalue weighted by Gasteiger charge is -2.22. The van der Waals surface area contributed by atoms with E-state index in [1.54, 1.807) is 0 Å². The van der Waals surface area contributed by atoms with Gasteiger partial charge in [0, 0.05) is 6.42 Å². The molecule has 0 radical (unpaired) electrons. The average molecular weight is 213 g/mol. The second-order valence-corrected chi connectivity index (χ2v) is 3.48. The van der Waals surface area contributed by atoms with E-state index in [1.165, 1.54) is 0 Å². The Morgan fingerprint density at radius 1 is 1.93 bits per heavy atom. The Kier molecular flexibility index (Phi) is 1.32. The molecule has 15 heavy (non-hydrogen) atoms. The predicted molar refractivity (Wildman–Crippen MR) is 60.8 cm³/mol. The molecule has 1 atom stereocenters. The zero-order valence-corrected chi connectivity index (χ0v) is 8.49. The van der Waals surface area contributed by atoms with E-state index in [1.807, 2.05) is 6.92 Å². The Labute approximate surface area is 98.1 Å². The second kappa shape index (κ2) is 3.94. The lowest BCUT2D eigenvalue weighted by molar-refractivity contribution is 0.489. The molecule has 0 aromatic rings.